The first-order valence-corrected chi connectivity index (χ1v) is 7.71. The summed E-state index contributed by atoms with van der Waals surface area (Å²) in [5.74, 6) is 0.788. The molecule has 2 amide bonds. The van der Waals surface area contributed by atoms with Crippen molar-refractivity contribution in [3.05, 3.63) is 35.4 Å². The van der Waals surface area contributed by atoms with E-state index in [-0.39, 0.29) is 11.8 Å². The molecule has 1 fully saturated rings. The number of nitrogens with one attached hydrogen (secondary N) is 1. The Morgan fingerprint density at radius 3 is 2.57 bits per heavy atom. The number of benzene rings is 1. The van der Waals surface area contributed by atoms with Crippen LogP contribution < -0.4 is 5.32 Å². The normalized spacial score (nSPS) is 14.8. The molecule has 1 saturated heterocycles. The molecule has 0 aromatic heterocycles. The summed E-state index contributed by atoms with van der Waals surface area (Å²) in [6, 6.07) is 7.53. The van der Waals surface area contributed by atoms with E-state index in [2.05, 4.69) is 19.2 Å². The van der Waals surface area contributed by atoms with Crippen molar-refractivity contribution in [3.63, 3.8) is 0 Å². The molecule has 4 heteroatoms. The van der Waals surface area contributed by atoms with Crippen molar-refractivity contribution in [3.8, 4) is 0 Å². The molecular formula is C17H24N2O2. The molecule has 114 valence electrons. The average Bonchev–Trinajstić information content (AvgIpc) is 2.84. The van der Waals surface area contributed by atoms with Gasteiger partial charge in [0.05, 0.1) is 0 Å². The molecule has 0 unspecified atom stereocenters. The van der Waals surface area contributed by atoms with Gasteiger partial charge in [0.25, 0.3) is 5.91 Å². The zero-order valence-corrected chi connectivity index (χ0v) is 12.9. The van der Waals surface area contributed by atoms with E-state index in [0.717, 1.165) is 24.9 Å². The average molecular weight is 288 g/mol. The molecule has 0 atom stereocenters. The van der Waals surface area contributed by atoms with Gasteiger partial charge in [-0.15, -0.1) is 0 Å². The van der Waals surface area contributed by atoms with E-state index in [1.807, 2.05) is 29.2 Å². The lowest BCUT2D eigenvalue weighted by Gasteiger charge is -2.15. The highest BCUT2D eigenvalue weighted by Crippen LogP contribution is 2.14. The highest BCUT2D eigenvalue weighted by molar-refractivity contribution is 5.94. The maximum Gasteiger partial charge on any atom is 0.251 e. The van der Waals surface area contributed by atoms with Crippen molar-refractivity contribution >= 4 is 11.8 Å². The van der Waals surface area contributed by atoms with E-state index >= 15 is 0 Å². The maximum absolute atomic E-state index is 12.0. The largest absolute Gasteiger partial charge is 0.352 e. The number of amides is 2. The molecule has 0 radical (unpaired) electrons. The van der Waals surface area contributed by atoms with Gasteiger partial charge in [0, 0.05) is 31.6 Å². The second-order valence-electron chi connectivity index (χ2n) is 6.05. The molecule has 1 aliphatic heterocycles. The van der Waals surface area contributed by atoms with Crippen molar-refractivity contribution in [2.75, 3.05) is 13.1 Å². The summed E-state index contributed by atoms with van der Waals surface area (Å²) < 4.78 is 0. The minimum absolute atomic E-state index is 0.0283. The predicted octanol–water partition coefficient (Wildman–Crippen LogP) is 2.58. The third-order valence-electron chi connectivity index (χ3n) is 3.77. The summed E-state index contributed by atoms with van der Waals surface area (Å²) in [4.78, 5) is 25.4. The fourth-order valence-corrected chi connectivity index (χ4v) is 2.43. The van der Waals surface area contributed by atoms with Gasteiger partial charge in [-0.25, -0.2) is 0 Å². The van der Waals surface area contributed by atoms with Crippen LogP contribution in [0.5, 0.6) is 0 Å². The van der Waals surface area contributed by atoms with Gasteiger partial charge in [0.1, 0.15) is 0 Å². The van der Waals surface area contributed by atoms with Crippen LogP contribution in [0.2, 0.25) is 0 Å². The second-order valence-corrected chi connectivity index (χ2v) is 6.05. The minimum atomic E-state index is -0.0283. The van der Waals surface area contributed by atoms with Gasteiger partial charge in [-0.2, -0.15) is 0 Å². The maximum atomic E-state index is 12.0. The Kier molecular flexibility index (Phi) is 5.37. The summed E-state index contributed by atoms with van der Waals surface area (Å²) in [7, 11) is 0. The van der Waals surface area contributed by atoms with Gasteiger partial charge in [-0.1, -0.05) is 26.0 Å². The Balaban J connectivity index is 1.86. The Morgan fingerprint density at radius 1 is 1.29 bits per heavy atom. The topological polar surface area (TPSA) is 49.4 Å². The Hall–Kier alpha value is -1.84. The molecule has 1 aromatic rings. The minimum Gasteiger partial charge on any atom is -0.352 e. The first-order chi connectivity index (χ1) is 10.1. The van der Waals surface area contributed by atoms with E-state index in [1.54, 1.807) is 0 Å². The Bertz CT molecular complexity index is 494. The number of likely N-dealkylation sites (tertiary alicyclic amines) is 1. The number of nitrogens with zero attached hydrogens (tertiary/aromatic N) is 1. The number of carbonyl (C=O) groups excluding carboxylic acids is 2. The molecule has 21 heavy (non-hydrogen) atoms. The molecule has 2 rings (SSSR count). The molecule has 4 nitrogen and oxygen atoms in total. The molecule has 0 bridgehead atoms. The fraction of sp³-hybridized carbons (Fsp3) is 0.529. The molecular weight excluding hydrogens is 264 g/mol. The van der Waals surface area contributed by atoms with E-state index in [4.69, 9.17) is 0 Å². The van der Waals surface area contributed by atoms with E-state index in [0.29, 0.717) is 31.0 Å². The zero-order chi connectivity index (χ0) is 15.2. The van der Waals surface area contributed by atoms with Crippen molar-refractivity contribution < 1.29 is 9.59 Å². The lowest BCUT2D eigenvalue weighted by molar-refractivity contribution is -0.128. The molecule has 0 aliphatic carbocycles. The summed E-state index contributed by atoms with van der Waals surface area (Å²) >= 11 is 0. The van der Waals surface area contributed by atoms with Crippen molar-refractivity contribution in [2.24, 2.45) is 5.92 Å². The van der Waals surface area contributed by atoms with E-state index in [1.165, 1.54) is 0 Å². The van der Waals surface area contributed by atoms with Gasteiger partial charge < -0.3 is 10.2 Å². The molecule has 0 saturated carbocycles. The fourth-order valence-electron chi connectivity index (χ4n) is 2.43. The first kappa shape index (κ1) is 15.5. The molecule has 1 N–H and O–H groups in total. The van der Waals surface area contributed by atoms with E-state index in [9.17, 15) is 9.59 Å². The van der Waals surface area contributed by atoms with Crippen molar-refractivity contribution in [2.45, 2.75) is 39.7 Å². The first-order valence-electron chi connectivity index (χ1n) is 7.71. The van der Waals surface area contributed by atoms with Crippen LogP contribution in [0.25, 0.3) is 0 Å². The second kappa shape index (κ2) is 7.25. The quantitative estimate of drug-likeness (QED) is 0.874. The molecule has 1 aliphatic rings. The van der Waals surface area contributed by atoms with Crippen LogP contribution in [-0.2, 0) is 11.3 Å². The lowest BCUT2D eigenvalue weighted by Crippen LogP contribution is -2.25. The highest BCUT2D eigenvalue weighted by Gasteiger charge is 2.19. The predicted molar refractivity (Wildman–Crippen MR) is 82.9 cm³/mol. The van der Waals surface area contributed by atoms with E-state index < -0.39 is 0 Å². The monoisotopic (exact) mass is 288 g/mol. The van der Waals surface area contributed by atoms with Crippen LogP contribution in [0.15, 0.2) is 24.3 Å². The van der Waals surface area contributed by atoms with Crippen LogP contribution >= 0.6 is 0 Å². The Morgan fingerprint density at radius 2 is 2.00 bits per heavy atom. The van der Waals surface area contributed by atoms with Crippen molar-refractivity contribution in [1.82, 2.24) is 10.2 Å². The smallest absolute Gasteiger partial charge is 0.251 e. The third kappa shape index (κ3) is 4.59. The van der Waals surface area contributed by atoms with Gasteiger partial charge in [0.2, 0.25) is 5.91 Å². The number of rotatable bonds is 6. The third-order valence-corrected chi connectivity index (χ3v) is 3.77. The van der Waals surface area contributed by atoms with Crippen LogP contribution in [0.4, 0.5) is 0 Å². The van der Waals surface area contributed by atoms with Crippen LogP contribution in [-0.4, -0.2) is 29.8 Å². The SMILES string of the molecule is CC(C)CCNC(=O)c1ccc(CN2CCCC2=O)cc1. The lowest BCUT2D eigenvalue weighted by atomic mass is 10.1. The van der Waals surface area contributed by atoms with Gasteiger partial charge in [-0.3, -0.25) is 9.59 Å². The highest BCUT2D eigenvalue weighted by atomic mass is 16.2. The van der Waals surface area contributed by atoms with Crippen LogP contribution in [0.1, 0.15) is 49.0 Å². The summed E-state index contributed by atoms with van der Waals surface area (Å²) in [5.41, 5.74) is 1.75. The number of hydrogen-bond donors (Lipinski definition) is 1. The molecule has 1 heterocycles. The van der Waals surface area contributed by atoms with Crippen LogP contribution in [0, 0.1) is 5.92 Å². The Labute approximate surface area is 126 Å². The van der Waals surface area contributed by atoms with Gasteiger partial charge in [0.15, 0.2) is 0 Å². The van der Waals surface area contributed by atoms with Crippen molar-refractivity contribution in [1.29, 1.82) is 0 Å². The summed E-state index contributed by atoms with van der Waals surface area (Å²) in [5, 5.41) is 2.93. The van der Waals surface area contributed by atoms with Gasteiger partial charge in [-0.05, 0) is 36.5 Å². The zero-order valence-electron chi connectivity index (χ0n) is 12.9. The molecule has 0 spiro atoms. The summed E-state index contributed by atoms with van der Waals surface area (Å²) in [6.07, 6.45) is 2.60. The molecule has 1 aromatic carbocycles. The summed E-state index contributed by atoms with van der Waals surface area (Å²) in [6.45, 7) is 6.48. The standard InChI is InChI=1S/C17H24N2O2/c1-13(2)9-10-18-17(21)15-7-5-14(6-8-15)12-19-11-3-4-16(19)20/h5-8,13H,3-4,9-12H2,1-2H3,(H,18,21). The number of hydrogen-bond acceptors (Lipinski definition) is 2. The van der Waals surface area contributed by atoms with Crippen LogP contribution in [0.3, 0.4) is 0 Å². The number of carbonyl (C=O) groups is 2. The van der Waals surface area contributed by atoms with Gasteiger partial charge >= 0.3 is 0 Å².